The fourth-order valence-corrected chi connectivity index (χ4v) is 2.77. The minimum Gasteiger partial charge on any atom is -0.467 e. The lowest BCUT2D eigenvalue weighted by atomic mass is 9.99. The maximum atomic E-state index is 5.62. The van der Waals surface area contributed by atoms with E-state index in [2.05, 4.69) is 36.1 Å². The van der Waals surface area contributed by atoms with E-state index in [1.54, 1.807) is 6.26 Å². The smallest absolute Gasteiger partial charge is 0.123 e. The van der Waals surface area contributed by atoms with E-state index in [1.165, 1.54) is 29.7 Å². The lowest BCUT2D eigenvalue weighted by Gasteiger charge is -2.30. The van der Waals surface area contributed by atoms with Crippen molar-refractivity contribution in [1.29, 1.82) is 0 Å². The van der Waals surface area contributed by atoms with Crippen molar-refractivity contribution in [2.45, 2.75) is 32.9 Å². The Kier molecular flexibility index (Phi) is 3.30. The summed E-state index contributed by atoms with van der Waals surface area (Å²) in [5.41, 5.74) is 10.8. The monoisotopic (exact) mass is 256 g/mol. The van der Waals surface area contributed by atoms with Crippen LogP contribution in [0.15, 0.2) is 34.9 Å². The third-order valence-corrected chi connectivity index (χ3v) is 3.74. The van der Waals surface area contributed by atoms with E-state index in [1.807, 2.05) is 0 Å². The molecule has 0 spiro atoms. The molecule has 0 bridgehead atoms. The normalized spacial score (nSPS) is 14.5. The van der Waals surface area contributed by atoms with Crippen molar-refractivity contribution >= 4 is 5.69 Å². The van der Waals surface area contributed by atoms with Crippen LogP contribution < -0.4 is 10.6 Å². The molecule has 1 aliphatic rings. The summed E-state index contributed by atoms with van der Waals surface area (Å²) in [6, 6.07) is 8.78. The number of furan rings is 1. The van der Waals surface area contributed by atoms with Crippen molar-refractivity contribution in [1.82, 2.24) is 0 Å². The molecule has 0 saturated carbocycles. The van der Waals surface area contributed by atoms with Crippen molar-refractivity contribution in [3.05, 3.63) is 53.0 Å². The van der Waals surface area contributed by atoms with Gasteiger partial charge in [-0.2, -0.15) is 0 Å². The van der Waals surface area contributed by atoms with Crippen LogP contribution in [0.4, 0.5) is 5.69 Å². The van der Waals surface area contributed by atoms with Gasteiger partial charge in [0.25, 0.3) is 0 Å². The Morgan fingerprint density at radius 1 is 1.32 bits per heavy atom. The molecule has 2 N–H and O–H groups in total. The molecule has 1 aliphatic heterocycles. The average molecular weight is 256 g/mol. The molecule has 0 atom stereocenters. The minimum absolute atomic E-state index is 0.541. The van der Waals surface area contributed by atoms with Crippen LogP contribution in [-0.2, 0) is 19.5 Å². The maximum Gasteiger partial charge on any atom is 0.123 e. The van der Waals surface area contributed by atoms with Crippen LogP contribution in [0.2, 0.25) is 0 Å². The molecule has 100 valence electrons. The van der Waals surface area contributed by atoms with Crippen molar-refractivity contribution in [2.75, 3.05) is 11.4 Å². The quantitative estimate of drug-likeness (QED) is 0.918. The van der Waals surface area contributed by atoms with Gasteiger partial charge in [-0.15, -0.1) is 0 Å². The van der Waals surface area contributed by atoms with Crippen molar-refractivity contribution < 1.29 is 4.42 Å². The number of rotatable bonds is 3. The first kappa shape index (κ1) is 12.3. The summed E-state index contributed by atoms with van der Waals surface area (Å²) in [5.74, 6) is 0.994. The molecule has 2 heterocycles. The molecule has 19 heavy (non-hydrogen) atoms. The predicted molar refractivity (Wildman–Crippen MR) is 77.1 cm³/mol. The zero-order valence-electron chi connectivity index (χ0n) is 11.4. The topological polar surface area (TPSA) is 42.4 Å². The molecule has 0 fully saturated rings. The summed E-state index contributed by atoms with van der Waals surface area (Å²) >= 11 is 0. The molecule has 0 unspecified atom stereocenters. The molecular weight excluding hydrogens is 236 g/mol. The summed E-state index contributed by atoms with van der Waals surface area (Å²) in [7, 11) is 0. The second-order valence-electron chi connectivity index (χ2n) is 5.28. The molecule has 0 aliphatic carbocycles. The van der Waals surface area contributed by atoms with Gasteiger partial charge in [0.2, 0.25) is 0 Å². The van der Waals surface area contributed by atoms with Crippen LogP contribution in [0.25, 0.3) is 0 Å². The Balaban J connectivity index is 1.83. The lowest BCUT2D eigenvalue weighted by Crippen LogP contribution is -2.28. The Morgan fingerprint density at radius 3 is 3.00 bits per heavy atom. The first-order chi connectivity index (χ1) is 9.26. The van der Waals surface area contributed by atoms with Gasteiger partial charge in [-0.25, -0.2) is 0 Å². The molecule has 0 saturated heterocycles. The molecule has 3 nitrogen and oxygen atoms in total. The van der Waals surface area contributed by atoms with E-state index in [0.717, 1.165) is 24.4 Å². The Hall–Kier alpha value is -1.74. The first-order valence-corrected chi connectivity index (χ1v) is 6.87. The molecular formula is C16H20N2O. The fourth-order valence-electron chi connectivity index (χ4n) is 2.77. The van der Waals surface area contributed by atoms with Gasteiger partial charge in [0.05, 0.1) is 12.8 Å². The largest absolute Gasteiger partial charge is 0.467 e. The highest BCUT2D eigenvalue weighted by Crippen LogP contribution is 2.29. The number of nitrogens with two attached hydrogens (primary N) is 1. The third-order valence-electron chi connectivity index (χ3n) is 3.74. The minimum atomic E-state index is 0.541. The number of nitrogens with zero attached hydrogens (tertiary/aromatic N) is 1. The summed E-state index contributed by atoms with van der Waals surface area (Å²) in [5, 5.41) is 0. The number of aryl methyl sites for hydroxylation is 2. The number of hydrogen-bond acceptors (Lipinski definition) is 3. The first-order valence-electron chi connectivity index (χ1n) is 6.87. The van der Waals surface area contributed by atoms with E-state index in [-0.39, 0.29) is 0 Å². The molecule has 1 aromatic carbocycles. The zero-order chi connectivity index (χ0) is 13.2. The van der Waals surface area contributed by atoms with E-state index in [4.69, 9.17) is 10.2 Å². The van der Waals surface area contributed by atoms with Crippen LogP contribution in [0.5, 0.6) is 0 Å². The Labute approximate surface area is 114 Å². The van der Waals surface area contributed by atoms with Crippen LogP contribution in [-0.4, -0.2) is 6.54 Å². The zero-order valence-corrected chi connectivity index (χ0v) is 11.4. The van der Waals surface area contributed by atoms with Gasteiger partial charge in [-0.3, -0.25) is 0 Å². The van der Waals surface area contributed by atoms with Gasteiger partial charge in [0, 0.05) is 24.3 Å². The standard InChI is InChI=1S/C16H20N2O/c1-12-4-5-16-14(7-12)3-2-6-18(16)10-15-8-13(9-17)11-19-15/h4-5,7-8,11H,2-3,6,9-10,17H2,1H3. The highest BCUT2D eigenvalue weighted by Gasteiger charge is 2.18. The molecule has 3 heteroatoms. The number of benzene rings is 1. The van der Waals surface area contributed by atoms with E-state index >= 15 is 0 Å². The number of fused-ring (bicyclic) bond motifs is 1. The second-order valence-corrected chi connectivity index (χ2v) is 5.28. The lowest BCUT2D eigenvalue weighted by molar-refractivity contribution is 0.496. The van der Waals surface area contributed by atoms with E-state index in [9.17, 15) is 0 Å². The highest BCUT2D eigenvalue weighted by molar-refractivity contribution is 5.56. The van der Waals surface area contributed by atoms with Gasteiger partial charge in [0.15, 0.2) is 0 Å². The van der Waals surface area contributed by atoms with E-state index in [0.29, 0.717) is 6.54 Å². The van der Waals surface area contributed by atoms with Crippen LogP contribution >= 0.6 is 0 Å². The predicted octanol–water partition coefficient (Wildman–Crippen LogP) is 3.00. The summed E-state index contributed by atoms with van der Waals surface area (Å²) < 4.78 is 5.58. The average Bonchev–Trinajstić information content (AvgIpc) is 2.86. The van der Waals surface area contributed by atoms with Crippen molar-refractivity contribution in [3.8, 4) is 0 Å². The van der Waals surface area contributed by atoms with Crippen LogP contribution in [0, 0.1) is 6.92 Å². The highest BCUT2D eigenvalue weighted by atomic mass is 16.3. The van der Waals surface area contributed by atoms with Gasteiger partial charge in [0.1, 0.15) is 5.76 Å². The van der Waals surface area contributed by atoms with Gasteiger partial charge >= 0.3 is 0 Å². The fraction of sp³-hybridized carbons (Fsp3) is 0.375. The maximum absolute atomic E-state index is 5.62. The second kappa shape index (κ2) is 5.10. The summed E-state index contributed by atoms with van der Waals surface area (Å²) in [6.07, 6.45) is 4.15. The van der Waals surface area contributed by atoms with Gasteiger partial charge in [-0.1, -0.05) is 17.7 Å². The molecule has 2 aromatic rings. The van der Waals surface area contributed by atoms with Gasteiger partial charge < -0.3 is 15.1 Å². The molecule has 0 radical (unpaired) electrons. The molecule has 3 rings (SSSR count). The molecule has 1 aromatic heterocycles. The summed E-state index contributed by atoms with van der Waals surface area (Å²) in [6.45, 7) is 4.61. The number of hydrogen-bond donors (Lipinski definition) is 1. The SMILES string of the molecule is Cc1ccc2c(c1)CCCN2Cc1cc(CN)co1. The van der Waals surface area contributed by atoms with Crippen molar-refractivity contribution in [3.63, 3.8) is 0 Å². The van der Waals surface area contributed by atoms with Crippen molar-refractivity contribution in [2.24, 2.45) is 5.73 Å². The Morgan fingerprint density at radius 2 is 2.21 bits per heavy atom. The van der Waals surface area contributed by atoms with Crippen LogP contribution in [0.3, 0.4) is 0 Å². The van der Waals surface area contributed by atoms with E-state index < -0.39 is 0 Å². The molecule has 0 amide bonds. The summed E-state index contributed by atoms with van der Waals surface area (Å²) in [4.78, 5) is 2.40. The third kappa shape index (κ3) is 2.51. The van der Waals surface area contributed by atoms with Gasteiger partial charge in [-0.05, 0) is 37.5 Å². The number of anilines is 1. The Bertz CT molecular complexity index is 574. The van der Waals surface area contributed by atoms with Crippen LogP contribution in [0.1, 0.15) is 28.9 Å².